The van der Waals surface area contributed by atoms with Gasteiger partial charge in [-0.05, 0) is 59.0 Å². The molecule has 0 saturated carbocycles. The van der Waals surface area contributed by atoms with Crippen LogP contribution in [0, 0.1) is 3.57 Å². The number of rotatable bonds is 4. The molecule has 2 amide bonds. The van der Waals surface area contributed by atoms with Gasteiger partial charge in [-0.25, -0.2) is 4.79 Å². The molecule has 2 aromatic rings. The van der Waals surface area contributed by atoms with Crippen LogP contribution in [0.2, 0.25) is 0 Å². The van der Waals surface area contributed by atoms with Gasteiger partial charge in [-0.1, -0.05) is 18.2 Å². The van der Waals surface area contributed by atoms with Crippen LogP contribution < -0.4 is 10.1 Å². The van der Waals surface area contributed by atoms with Gasteiger partial charge in [-0.15, -0.1) is 0 Å². The first kappa shape index (κ1) is 16.3. The SMILES string of the molecule is CN(CC(=O)Nc1ccc(I)cc1)C(=O)Oc1ccccc1. The molecule has 0 fully saturated rings. The average molecular weight is 410 g/mol. The van der Waals surface area contributed by atoms with E-state index >= 15 is 0 Å². The number of carbonyl (C=O) groups is 2. The number of para-hydroxylation sites is 1. The molecule has 0 bridgehead atoms. The van der Waals surface area contributed by atoms with E-state index in [0.29, 0.717) is 11.4 Å². The van der Waals surface area contributed by atoms with Gasteiger partial charge in [0.15, 0.2) is 0 Å². The Labute approximate surface area is 142 Å². The van der Waals surface area contributed by atoms with Gasteiger partial charge in [0.05, 0.1) is 0 Å². The number of hydrogen-bond donors (Lipinski definition) is 1. The molecular weight excluding hydrogens is 395 g/mol. The minimum absolute atomic E-state index is 0.0857. The zero-order valence-electron chi connectivity index (χ0n) is 12.0. The Bertz CT molecular complexity index is 644. The zero-order valence-corrected chi connectivity index (χ0v) is 14.1. The third-order valence-electron chi connectivity index (χ3n) is 2.77. The van der Waals surface area contributed by atoms with Crippen LogP contribution in [0.3, 0.4) is 0 Å². The molecule has 0 atom stereocenters. The lowest BCUT2D eigenvalue weighted by atomic mass is 10.3. The number of carbonyl (C=O) groups excluding carboxylic acids is 2. The van der Waals surface area contributed by atoms with Crippen molar-refractivity contribution in [3.05, 3.63) is 58.2 Å². The van der Waals surface area contributed by atoms with E-state index in [4.69, 9.17) is 4.74 Å². The van der Waals surface area contributed by atoms with Crippen LogP contribution in [0.4, 0.5) is 10.5 Å². The van der Waals surface area contributed by atoms with Crippen LogP contribution in [0.1, 0.15) is 0 Å². The van der Waals surface area contributed by atoms with E-state index < -0.39 is 6.09 Å². The summed E-state index contributed by atoms with van der Waals surface area (Å²) in [6, 6.07) is 16.1. The molecule has 5 nitrogen and oxygen atoms in total. The fraction of sp³-hybridized carbons (Fsp3) is 0.125. The zero-order chi connectivity index (χ0) is 15.9. The molecule has 1 N–H and O–H groups in total. The number of nitrogens with one attached hydrogen (secondary N) is 1. The molecule has 0 heterocycles. The van der Waals surface area contributed by atoms with Gasteiger partial charge in [-0.3, -0.25) is 4.79 Å². The molecule has 0 aliphatic rings. The van der Waals surface area contributed by atoms with Crippen LogP contribution in [0.25, 0.3) is 0 Å². The summed E-state index contributed by atoms with van der Waals surface area (Å²) < 4.78 is 6.23. The molecule has 0 spiro atoms. The summed E-state index contributed by atoms with van der Waals surface area (Å²) in [7, 11) is 1.51. The maximum Gasteiger partial charge on any atom is 0.415 e. The van der Waals surface area contributed by atoms with Gasteiger partial charge in [0, 0.05) is 16.3 Å². The van der Waals surface area contributed by atoms with Crippen molar-refractivity contribution in [3.8, 4) is 5.75 Å². The molecule has 0 aliphatic carbocycles. The highest BCUT2D eigenvalue weighted by Crippen LogP contribution is 2.12. The van der Waals surface area contributed by atoms with Gasteiger partial charge in [0.1, 0.15) is 12.3 Å². The molecule has 22 heavy (non-hydrogen) atoms. The second-order valence-corrected chi connectivity index (χ2v) is 5.84. The van der Waals surface area contributed by atoms with E-state index in [-0.39, 0.29) is 12.5 Å². The Kier molecular flexibility index (Phi) is 5.76. The Balaban J connectivity index is 1.85. The number of amides is 2. The topological polar surface area (TPSA) is 58.6 Å². The van der Waals surface area contributed by atoms with Gasteiger partial charge in [-0.2, -0.15) is 0 Å². The number of hydrogen-bond acceptors (Lipinski definition) is 3. The lowest BCUT2D eigenvalue weighted by Crippen LogP contribution is -2.36. The highest BCUT2D eigenvalue weighted by atomic mass is 127. The first-order chi connectivity index (χ1) is 10.5. The van der Waals surface area contributed by atoms with Crippen molar-refractivity contribution >= 4 is 40.3 Å². The van der Waals surface area contributed by atoms with Crippen LogP contribution in [0.15, 0.2) is 54.6 Å². The number of halogens is 1. The quantitative estimate of drug-likeness (QED) is 0.787. The largest absolute Gasteiger partial charge is 0.415 e. The molecule has 0 aromatic heterocycles. The fourth-order valence-corrected chi connectivity index (χ4v) is 2.04. The van der Waals surface area contributed by atoms with Gasteiger partial charge in [0.2, 0.25) is 5.91 Å². The third kappa shape index (κ3) is 5.03. The monoisotopic (exact) mass is 410 g/mol. The lowest BCUT2D eigenvalue weighted by Gasteiger charge is -2.16. The lowest BCUT2D eigenvalue weighted by molar-refractivity contribution is -0.116. The number of anilines is 1. The summed E-state index contributed by atoms with van der Waals surface area (Å²) >= 11 is 2.19. The van der Waals surface area contributed by atoms with Crippen molar-refractivity contribution in [2.75, 3.05) is 18.9 Å². The summed E-state index contributed by atoms with van der Waals surface area (Å²) in [6.07, 6.45) is -0.580. The molecule has 0 saturated heterocycles. The molecule has 2 aromatic carbocycles. The van der Waals surface area contributed by atoms with Crippen molar-refractivity contribution in [1.82, 2.24) is 4.90 Å². The highest BCUT2D eigenvalue weighted by molar-refractivity contribution is 14.1. The Hall–Kier alpha value is -2.09. The van der Waals surface area contributed by atoms with Crippen LogP contribution >= 0.6 is 22.6 Å². The van der Waals surface area contributed by atoms with E-state index in [1.54, 1.807) is 24.3 Å². The van der Waals surface area contributed by atoms with Gasteiger partial charge < -0.3 is 15.0 Å². The molecule has 114 valence electrons. The first-order valence-electron chi connectivity index (χ1n) is 6.58. The smallest absolute Gasteiger partial charge is 0.410 e. The maximum atomic E-state index is 11.9. The predicted octanol–water partition coefficient (Wildman–Crippen LogP) is 3.36. The van der Waals surface area contributed by atoms with Crippen molar-refractivity contribution in [1.29, 1.82) is 0 Å². The fourth-order valence-electron chi connectivity index (χ4n) is 1.68. The molecule has 0 aliphatic heterocycles. The second kappa shape index (κ2) is 7.79. The normalized spacial score (nSPS) is 9.91. The van der Waals surface area contributed by atoms with E-state index in [1.807, 2.05) is 30.3 Å². The Morgan fingerprint density at radius 2 is 1.73 bits per heavy atom. The summed E-state index contributed by atoms with van der Waals surface area (Å²) in [4.78, 5) is 25.0. The summed E-state index contributed by atoms with van der Waals surface area (Å²) in [5.41, 5.74) is 0.690. The number of benzene rings is 2. The standard InChI is InChI=1S/C16H15IN2O3/c1-19(16(21)22-14-5-3-2-4-6-14)11-15(20)18-13-9-7-12(17)8-10-13/h2-10H,11H2,1H3,(H,18,20). The van der Waals surface area contributed by atoms with Crippen molar-refractivity contribution in [2.45, 2.75) is 0 Å². The Morgan fingerprint density at radius 1 is 1.09 bits per heavy atom. The molecule has 6 heteroatoms. The van der Waals surface area contributed by atoms with Gasteiger partial charge in [0.25, 0.3) is 0 Å². The summed E-state index contributed by atoms with van der Waals surface area (Å²) in [5.74, 6) is 0.158. The van der Waals surface area contributed by atoms with Crippen molar-refractivity contribution in [3.63, 3.8) is 0 Å². The molecular formula is C16H15IN2O3. The van der Waals surface area contributed by atoms with E-state index in [2.05, 4.69) is 27.9 Å². The molecule has 0 unspecified atom stereocenters. The summed E-state index contributed by atoms with van der Waals surface area (Å²) in [5, 5.41) is 2.73. The maximum absolute atomic E-state index is 11.9. The third-order valence-corrected chi connectivity index (χ3v) is 3.49. The van der Waals surface area contributed by atoms with E-state index in [0.717, 1.165) is 3.57 Å². The minimum Gasteiger partial charge on any atom is -0.410 e. The van der Waals surface area contributed by atoms with Gasteiger partial charge >= 0.3 is 6.09 Å². The molecule has 0 radical (unpaired) electrons. The highest BCUT2D eigenvalue weighted by Gasteiger charge is 2.15. The second-order valence-electron chi connectivity index (χ2n) is 4.59. The van der Waals surface area contributed by atoms with Crippen molar-refractivity contribution in [2.24, 2.45) is 0 Å². The number of ether oxygens (including phenoxy) is 1. The number of likely N-dealkylation sites (N-methyl/N-ethyl adjacent to an activating group) is 1. The Morgan fingerprint density at radius 3 is 2.36 bits per heavy atom. The van der Waals surface area contributed by atoms with Crippen LogP contribution in [0.5, 0.6) is 5.75 Å². The van der Waals surface area contributed by atoms with Crippen LogP contribution in [-0.4, -0.2) is 30.5 Å². The first-order valence-corrected chi connectivity index (χ1v) is 7.66. The van der Waals surface area contributed by atoms with Crippen LogP contribution in [-0.2, 0) is 4.79 Å². The number of nitrogens with zero attached hydrogens (tertiary/aromatic N) is 1. The van der Waals surface area contributed by atoms with E-state index in [9.17, 15) is 9.59 Å². The van der Waals surface area contributed by atoms with Crippen molar-refractivity contribution < 1.29 is 14.3 Å². The predicted molar refractivity (Wildman–Crippen MR) is 92.9 cm³/mol. The summed E-state index contributed by atoms with van der Waals surface area (Å²) in [6.45, 7) is -0.0857. The molecule has 2 rings (SSSR count). The average Bonchev–Trinajstić information content (AvgIpc) is 2.50. The van der Waals surface area contributed by atoms with E-state index in [1.165, 1.54) is 11.9 Å². The minimum atomic E-state index is -0.580.